The maximum absolute atomic E-state index is 12.1. The molecule has 0 radical (unpaired) electrons. The molecule has 3 aromatic rings. The Labute approximate surface area is 157 Å². The third kappa shape index (κ3) is 3.10. The number of imidazole rings is 1. The van der Waals surface area contributed by atoms with E-state index in [0.717, 1.165) is 5.69 Å². The van der Waals surface area contributed by atoms with Crippen LogP contribution >= 0.6 is 15.9 Å². The fraction of sp³-hybridized carbons (Fsp3) is 0.294. The van der Waals surface area contributed by atoms with E-state index in [9.17, 15) is 9.59 Å². The second-order valence-electron chi connectivity index (χ2n) is 5.39. The van der Waals surface area contributed by atoms with Crippen LogP contribution in [-0.4, -0.2) is 44.8 Å². The number of esters is 2. The zero-order valence-corrected chi connectivity index (χ0v) is 16.1. The van der Waals surface area contributed by atoms with Crippen LogP contribution in [0.1, 0.15) is 40.4 Å². The normalized spacial score (nSPS) is 10.9. The van der Waals surface area contributed by atoms with Crippen molar-refractivity contribution in [3.05, 3.63) is 46.1 Å². The zero-order chi connectivity index (χ0) is 18.8. The van der Waals surface area contributed by atoms with Crippen LogP contribution in [0.4, 0.5) is 0 Å². The molecule has 0 aliphatic rings. The number of aromatic nitrogens is 4. The van der Waals surface area contributed by atoms with Crippen LogP contribution in [0.5, 0.6) is 0 Å². The van der Waals surface area contributed by atoms with Crippen molar-refractivity contribution in [2.45, 2.75) is 20.3 Å². The number of halogens is 1. The van der Waals surface area contributed by atoms with Crippen molar-refractivity contribution in [1.29, 1.82) is 0 Å². The molecule has 0 saturated carbocycles. The van der Waals surface area contributed by atoms with Gasteiger partial charge in [0.15, 0.2) is 11.3 Å². The average molecular weight is 421 g/mol. The molecule has 0 N–H and O–H groups in total. The van der Waals surface area contributed by atoms with Crippen LogP contribution in [0, 0.1) is 0 Å². The van der Waals surface area contributed by atoms with E-state index in [0.29, 0.717) is 27.9 Å². The number of nitrogens with zero attached hydrogens (tertiary/aromatic N) is 4. The predicted molar refractivity (Wildman–Crippen MR) is 96.7 cm³/mol. The van der Waals surface area contributed by atoms with Gasteiger partial charge in [-0.3, -0.25) is 4.40 Å². The smallest absolute Gasteiger partial charge is 0.358 e. The van der Waals surface area contributed by atoms with Crippen LogP contribution < -0.4 is 0 Å². The van der Waals surface area contributed by atoms with Gasteiger partial charge in [-0.2, -0.15) is 5.10 Å². The summed E-state index contributed by atoms with van der Waals surface area (Å²) >= 11 is 3.41. The number of methoxy groups -OCH3 is 1. The van der Waals surface area contributed by atoms with Gasteiger partial charge in [0.25, 0.3) is 0 Å². The van der Waals surface area contributed by atoms with Crippen LogP contribution in [0.15, 0.2) is 29.1 Å². The number of hydrogen-bond acceptors (Lipinski definition) is 6. The molecule has 0 aliphatic heterocycles. The summed E-state index contributed by atoms with van der Waals surface area (Å²) < 4.78 is 13.9. The Kier molecular flexibility index (Phi) is 5.08. The lowest BCUT2D eigenvalue weighted by molar-refractivity contribution is 0.0518. The number of hydrogen-bond donors (Lipinski definition) is 0. The number of fused-ring (bicyclic) bond motifs is 1. The Morgan fingerprint density at radius 3 is 2.65 bits per heavy atom. The summed E-state index contributed by atoms with van der Waals surface area (Å²) in [4.78, 5) is 28.5. The van der Waals surface area contributed by atoms with E-state index in [1.54, 1.807) is 40.5 Å². The number of carbonyl (C=O) groups is 2. The molecule has 3 heterocycles. The van der Waals surface area contributed by atoms with E-state index in [2.05, 4.69) is 26.0 Å². The maximum Gasteiger partial charge on any atom is 0.358 e. The Morgan fingerprint density at radius 1 is 1.23 bits per heavy atom. The van der Waals surface area contributed by atoms with Gasteiger partial charge in [0.05, 0.1) is 25.5 Å². The summed E-state index contributed by atoms with van der Waals surface area (Å²) in [6.07, 6.45) is 3.88. The molecule has 3 aromatic heterocycles. The van der Waals surface area contributed by atoms with E-state index in [1.165, 1.54) is 7.11 Å². The third-order valence-corrected chi connectivity index (χ3v) is 4.41. The summed E-state index contributed by atoms with van der Waals surface area (Å²) in [6.45, 7) is 3.95. The van der Waals surface area contributed by atoms with Crippen molar-refractivity contribution >= 4 is 33.5 Å². The Bertz CT molecular complexity index is 992. The van der Waals surface area contributed by atoms with Crippen molar-refractivity contribution in [3.8, 4) is 5.69 Å². The van der Waals surface area contributed by atoms with Gasteiger partial charge in [0.2, 0.25) is 0 Å². The second kappa shape index (κ2) is 7.28. The average Bonchev–Trinajstić information content (AvgIpc) is 3.24. The standard InChI is InChI=1S/C17H17BrN4O4/c1-4-11-7-12(17(24)26-5-2)20-22(11)13-6-10(16(23)25-3)9-21-14(18)8-19-15(13)21/h6-9H,4-5H2,1-3H3. The summed E-state index contributed by atoms with van der Waals surface area (Å²) in [6, 6.07) is 3.32. The molecule has 0 amide bonds. The van der Waals surface area contributed by atoms with Crippen molar-refractivity contribution < 1.29 is 19.1 Å². The highest BCUT2D eigenvalue weighted by molar-refractivity contribution is 9.10. The highest BCUT2D eigenvalue weighted by Crippen LogP contribution is 2.24. The van der Waals surface area contributed by atoms with E-state index >= 15 is 0 Å². The monoisotopic (exact) mass is 420 g/mol. The van der Waals surface area contributed by atoms with Crippen LogP contribution in [0.2, 0.25) is 0 Å². The molecule has 3 rings (SSSR count). The highest BCUT2D eigenvalue weighted by atomic mass is 79.9. The van der Waals surface area contributed by atoms with E-state index in [4.69, 9.17) is 9.47 Å². The lowest BCUT2D eigenvalue weighted by Crippen LogP contribution is -2.10. The van der Waals surface area contributed by atoms with E-state index in [1.807, 2.05) is 6.92 Å². The van der Waals surface area contributed by atoms with Crippen molar-refractivity contribution in [2.75, 3.05) is 13.7 Å². The first-order valence-electron chi connectivity index (χ1n) is 8.01. The van der Waals surface area contributed by atoms with Gasteiger partial charge in [0, 0.05) is 11.9 Å². The van der Waals surface area contributed by atoms with Gasteiger partial charge < -0.3 is 9.47 Å². The van der Waals surface area contributed by atoms with Crippen molar-refractivity contribution in [2.24, 2.45) is 0 Å². The number of aryl methyl sites for hydroxylation is 1. The molecule has 136 valence electrons. The Balaban J connectivity index is 2.24. The molecule has 8 nitrogen and oxygen atoms in total. The lowest BCUT2D eigenvalue weighted by atomic mass is 10.2. The Morgan fingerprint density at radius 2 is 2.00 bits per heavy atom. The third-order valence-electron chi connectivity index (χ3n) is 3.82. The van der Waals surface area contributed by atoms with Gasteiger partial charge in [0.1, 0.15) is 10.3 Å². The number of carbonyl (C=O) groups excluding carboxylic acids is 2. The molecule has 0 bridgehead atoms. The topological polar surface area (TPSA) is 87.7 Å². The molecule has 0 atom stereocenters. The largest absolute Gasteiger partial charge is 0.465 e. The van der Waals surface area contributed by atoms with Gasteiger partial charge in [-0.05, 0) is 41.4 Å². The minimum absolute atomic E-state index is 0.205. The fourth-order valence-electron chi connectivity index (χ4n) is 2.61. The minimum Gasteiger partial charge on any atom is -0.465 e. The SMILES string of the molecule is CCOC(=O)c1cc(CC)n(-c2cc(C(=O)OC)cn3c(Br)cnc23)n1. The lowest BCUT2D eigenvalue weighted by Gasteiger charge is -2.10. The fourth-order valence-corrected chi connectivity index (χ4v) is 2.98. The van der Waals surface area contributed by atoms with Crippen molar-refractivity contribution in [1.82, 2.24) is 19.2 Å². The van der Waals surface area contributed by atoms with Gasteiger partial charge >= 0.3 is 11.9 Å². The molecule has 9 heteroatoms. The molecule has 0 unspecified atom stereocenters. The van der Waals surface area contributed by atoms with E-state index < -0.39 is 11.9 Å². The van der Waals surface area contributed by atoms with Crippen LogP contribution in [-0.2, 0) is 15.9 Å². The Hall–Kier alpha value is -2.68. The molecule has 0 aliphatic carbocycles. The van der Waals surface area contributed by atoms with Crippen LogP contribution in [0.25, 0.3) is 11.3 Å². The van der Waals surface area contributed by atoms with E-state index in [-0.39, 0.29) is 12.3 Å². The van der Waals surface area contributed by atoms with Gasteiger partial charge in [-0.1, -0.05) is 6.92 Å². The first kappa shape index (κ1) is 18.1. The summed E-state index contributed by atoms with van der Waals surface area (Å²) in [7, 11) is 1.32. The van der Waals surface area contributed by atoms with Gasteiger partial charge in [-0.15, -0.1) is 0 Å². The molecule has 26 heavy (non-hydrogen) atoms. The quantitative estimate of drug-likeness (QED) is 0.589. The molecular weight excluding hydrogens is 404 g/mol. The zero-order valence-electron chi connectivity index (χ0n) is 14.5. The summed E-state index contributed by atoms with van der Waals surface area (Å²) in [5.74, 6) is -0.977. The first-order valence-corrected chi connectivity index (χ1v) is 8.80. The summed E-state index contributed by atoms with van der Waals surface area (Å²) in [5.41, 5.74) is 2.47. The number of ether oxygens (including phenoxy) is 2. The number of pyridine rings is 1. The highest BCUT2D eigenvalue weighted by Gasteiger charge is 2.20. The first-order chi connectivity index (χ1) is 12.5. The molecule has 0 aromatic carbocycles. The minimum atomic E-state index is -0.495. The maximum atomic E-state index is 12.1. The van der Waals surface area contributed by atoms with Crippen LogP contribution in [0.3, 0.4) is 0 Å². The molecule has 0 fully saturated rings. The second-order valence-corrected chi connectivity index (χ2v) is 6.20. The summed E-state index contributed by atoms with van der Waals surface area (Å²) in [5, 5.41) is 4.38. The number of rotatable bonds is 5. The van der Waals surface area contributed by atoms with Gasteiger partial charge in [-0.25, -0.2) is 19.3 Å². The molecule has 0 saturated heterocycles. The van der Waals surface area contributed by atoms with Crippen molar-refractivity contribution in [3.63, 3.8) is 0 Å². The molecular formula is C17H17BrN4O4. The predicted octanol–water partition coefficient (Wildman–Crippen LogP) is 2.81. The molecule has 0 spiro atoms.